The Hall–Kier alpha value is -2.43. The summed E-state index contributed by atoms with van der Waals surface area (Å²) in [5.41, 5.74) is 1.94. The predicted molar refractivity (Wildman–Crippen MR) is 119 cm³/mol. The molecule has 3 rings (SSSR count). The second-order valence-corrected chi connectivity index (χ2v) is 6.01. The number of pyridine rings is 2. The van der Waals surface area contributed by atoms with Crippen molar-refractivity contribution in [3.63, 3.8) is 0 Å². The van der Waals surface area contributed by atoms with Gasteiger partial charge in [0.2, 0.25) is 0 Å². The first-order valence-electron chi connectivity index (χ1n) is 8.60. The van der Waals surface area contributed by atoms with Crippen LogP contribution in [0.4, 0.5) is 5.82 Å². The second-order valence-electron chi connectivity index (χ2n) is 6.01. The van der Waals surface area contributed by atoms with Crippen molar-refractivity contribution in [3.05, 3.63) is 54.1 Å². The highest BCUT2D eigenvalue weighted by Gasteiger charge is 2.06. The zero-order valence-electron chi connectivity index (χ0n) is 15.8. The fraction of sp³-hybridized carbons (Fsp3) is 0.333. The maximum Gasteiger partial charge on any atom is 0.191 e. The molecule has 3 heterocycles. The van der Waals surface area contributed by atoms with E-state index in [0.717, 1.165) is 35.4 Å². The lowest BCUT2D eigenvalue weighted by molar-refractivity contribution is 0.765. The Morgan fingerprint density at radius 2 is 2.04 bits per heavy atom. The highest BCUT2D eigenvalue weighted by Crippen LogP contribution is 2.10. The van der Waals surface area contributed by atoms with Gasteiger partial charge in [0.25, 0.3) is 0 Å². The monoisotopic (exact) mass is 480 g/mol. The second kappa shape index (κ2) is 10.0. The van der Waals surface area contributed by atoms with Crippen molar-refractivity contribution in [1.29, 1.82) is 0 Å². The van der Waals surface area contributed by atoms with Crippen molar-refractivity contribution in [2.24, 2.45) is 4.99 Å². The van der Waals surface area contributed by atoms with Crippen LogP contribution in [0.2, 0.25) is 0 Å². The first-order chi connectivity index (χ1) is 12.7. The fourth-order valence-corrected chi connectivity index (χ4v) is 2.49. The number of nitrogens with zero attached hydrogens (tertiary/aromatic N) is 6. The summed E-state index contributed by atoms with van der Waals surface area (Å²) in [5, 5.41) is 15.0. The molecule has 0 saturated heterocycles. The standard InChI is InChI=1S/C18H24N8.HI/c1-4-19-18(21-12-14-8-9-20-16(11-14)25(2)3)22-13-17-24-23-15-7-5-6-10-26(15)17;/h5-11H,4,12-13H2,1-3H3,(H2,19,21,22);1H. The molecular weight excluding hydrogens is 455 g/mol. The quantitative estimate of drug-likeness (QED) is 0.320. The van der Waals surface area contributed by atoms with Crippen LogP contribution in [0.3, 0.4) is 0 Å². The summed E-state index contributed by atoms with van der Waals surface area (Å²) in [7, 11) is 3.95. The van der Waals surface area contributed by atoms with E-state index in [-0.39, 0.29) is 24.0 Å². The maximum atomic E-state index is 4.65. The van der Waals surface area contributed by atoms with E-state index in [1.54, 1.807) is 0 Å². The van der Waals surface area contributed by atoms with Crippen LogP contribution in [-0.4, -0.2) is 46.2 Å². The third-order valence-corrected chi connectivity index (χ3v) is 3.83. The van der Waals surface area contributed by atoms with Crippen molar-refractivity contribution >= 4 is 41.4 Å². The highest BCUT2D eigenvalue weighted by atomic mass is 127. The van der Waals surface area contributed by atoms with Gasteiger partial charge in [-0.25, -0.2) is 9.98 Å². The van der Waals surface area contributed by atoms with Gasteiger partial charge in [-0.3, -0.25) is 4.40 Å². The van der Waals surface area contributed by atoms with Crippen LogP contribution in [0.5, 0.6) is 0 Å². The summed E-state index contributed by atoms with van der Waals surface area (Å²) >= 11 is 0. The molecule has 0 radical (unpaired) electrons. The maximum absolute atomic E-state index is 4.65. The van der Waals surface area contributed by atoms with Crippen LogP contribution in [0.15, 0.2) is 47.7 Å². The van der Waals surface area contributed by atoms with Gasteiger partial charge in [0, 0.05) is 33.0 Å². The molecule has 0 aliphatic heterocycles. The van der Waals surface area contributed by atoms with E-state index in [2.05, 4.69) is 30.8 Å². The normalized spacial score (nSPS) is 11.1. The van der Waals surface area contributed by atoms with E-state index >= 15 is 0 Å². The molecule has 0 aliphatic rings. The molecule has 27 heavy (non-hydrogen) atoms. The van der Waals surface area contributed by atoms with Gasteiger partial charge in [-0.05, 0) is 36.8 Å². The molecule has 3 aromatic heterocycles. The van der Waals surface area contributed by atoms with Crippen molar-refractivity contribution < 1.29 is 0 Å². The average Bonchev–Trinajstić information content (AvgIpc) is 3.07. The smallest absolute Gasteiger partial charge is 0.191 e. The van der Waals surface area contributed by atoms with Crippen molar-refractivity contribution in [3.8, 4) is 0 Å². The minimum atomic E-state index is 0. The number of aromatic nitrogens is 4. The molecule has 0 amide bonds. The topological polar surface area (TPSA) is 82.7 Å². The van der Waals surface area contributed by atoms with Gasteiger partial charge in [0.15, 0.2) is 17.4 Å². The van der Waals surface area contributed by atoms with Crippen LogP contribution in [0, 0.1) is 0 Å². The highest BCUT2D eigenvalue weighted by molar-refractivity contribution is 14.0. The number of hydrogen-bond donors (Lipinski definition) is 2. The van der Waals surface area contributed by atoms with Gasteiger partial charge in [-0.1, -0.05) is 6.07 Å². The predicted octanol–water partition coefficient (Wildman–Crippen LogP) is 2.06. The average molecular weight is 480 g/mol. The van der Waals surface area contributed by atoms with E-state index in [0.29, 0.717) is 13.1 Å². The summed E-state index contributed by atoms with van der Waals surface area (Å²) in [6.45, 7) is 3.93. The van der Waals surface area contributed by atoms with Gasteiger partial charge in [0.05, 0.1) is 13.1 Å². The lowest BCUT2D eigenvalue weighted by Crippen LogP contribution is -2.37. The molecule has 0 aliphatic carbocycles. The number of aliphatic imine (C=N–C) groups is 1. The Balaban J connectivity index is 0.00000261. The van der Waals surface area contributed by atoms with E-state index < -0.39 is 0 Å². The third kappa shape index (κ3) is 5.52. The van der Waals surface area contributed by atoms with E-state index in [9.17, 15) is 0 Å². The number of guanidine groups is 1. The summed E-state index contributed by atoms with van der Waals surface area (Å²) in [5.74, 6) is 2.50. The first kappa shape index (κ1) is 20.9. The lowest BCUT2D eigenvalue weighted by atomic mass is 10.2. The summed E-state index contributed by atoms with van der Waals surface area (Å²) in [6, 6.07) is 9.86. The summed E-state index contributed by atoms with van der Waals surface area (Å²) in [4.78, 5) is 11.0. The van der Waals surface area contributed by atoms with E-state index in [1.807, 2.05) is 73.0 Å². The zero-order valence-corrected chi connectivity index (χ0v) is 18.1. The zero-order chi connectivity index (χ0) is 18.4. The molecule has 0 spiro atoms. The van der Waals surface area contributed by atoms with Crippen molar-refractivity contribution in [2.45, 2.75) is 20.0 Å². The minimum absolute atomic E-state index is 0. The van der Waals surface area contributed by atoms with Gasteiger partial charge in [-0.2, -0.15) is 0 Å². The van der Waals surface area contributed by atoms with E-state index in [4.69, 9.17) is 0 Å². The molecule has 2 N–H and O–H groups in total. The Morgan fingerprint density at radius 1 is 1.19 bits per heavy atom. The van der Waals surface area contributed by atoms with Gasteiger partial charge < -0.3 is 15.5 Å². The summed E-state index contributed by atoms with van der Waals surface area (Å²) < 4.78 is 1.96. The largest absolute Gasteiger partial charge is 0.363 e. The Kier molecular flexibility index (Phi) is 7.77. The van der Waals surface area contributed by atoms with E-state index in [1.165, 1.54) is 0 Å². The number of hydrogen-bond acceptors (Lipinski definition) is 5. The molecule has 0 saturated carbocycles. The molecule has 9 heteroatoms. The fourth-order valence-electron chi connectivity index (χ4n) is 2.49. The summed E-state index contributed by atoms with van der Waals surface area (Å²) in [6.07, 6.45) is 3.76. The van der Waals surface area contributed by atoms with Crippen LogP contribution in [0.25, 0.3) is 5.65 Å². The van der Waals surface area contributed by atoms with Gasteiger partial charge >= 0.3 is 0 Å². The van der Waals surface area contributed by atoms with Crippen LogP contribution < -0.4 is 15.5 Å². The molecule has 0 atom stereocenters. The minimum Gasteiger partial charge on any atom is -0.363 e. The first-order valence-corrected chi connectivity index (χ1v) is 8.60. The molecule has 0 aromatic carbocycles. The number of anilines is 1. The molecule has 144 valence electrons. The molecule has 8 nitrogen and oxygen atoms in total. The molecular formula is C18H25IN8. The Morgan fingerprint density at radius 3 is 2.81 bits per heavy atom. The van der Waals surface area contributed by atoms with Crippen molar-refractivity contribution in [1.82, 2.24) is 30.2 Å². The number of nitrogens with one attached hydrogen (secondary N) is 2. The number of rotatable bonds is 6. The van der Waals surface area contributed by atoms with Gasteiger partial charge in [0.1, 0.15) is 5.82 Å². The third-order valence-electron chi connectivity index (χ3n) is 3.83. The lowest BCUT2D eigenvalue weighted by Gasteiger charge is -2.12. The van der Waals surface area contributed by atoms with Crippen LogP contribution in [-0.2, 0) is 13.1 Å². The molecule has 0 bridgehead atoms. The van der Waals surface area contributed by atoms with Gasteiger partial charge in [-0.15, -0.1) is 34.2 Å². The molecule has 0 fully saturated rings. The van der Waals surface area contributed by atoms with Crippen molar-refractivity contribution in [2.75, 3.05) is 25.5 Å². The Labute approximate surface area is 176 Å². The van der Waals surface area contributed by atoms with Crippen LogP contribution >= 0.6 is 24.0 Å². The molecule has 0 unspecified atom stereocenters. The Bertz CT molecular complexity index is 890. The van der Waals surface area contributed by atoms with Crippen LogP contribution in [0.1, 0.15) is 18.3 Å². The molecule has 3 aromatic rings. The number of halogens is 1. The number of fused-ring (bicyclic) bond motifs is 1. The SMILES string of the molecule is CCNC(=NCc1ccnc(N(C)C)c1)NCc1nnc2ccccn12.I.